The largest absolute Gasteiger partial charge is 0.490 e. The van der Waals surface area contributed by atoms with Crippen molar-refractivity contribution in [2.24, 2.45) is 0 Å². The van der Waals surface area contributed by atoms with Crippen LogP contribution in [0.15, 0.2) is 36.4 Å². The second kappa shape index (κ2) is 22.8. The van der Waals surface area contributed by atoms with Crippen molar-refractivity contribution in [3.63, 3.8) is 0 Å². The average molecular weight is 563 g/mol. The first-order valence-electron chi connectivity index (χ1n) is 14.2. The number of unbranched alkanes of at least 4 members (excludes halogenated alkanes) is 2. The van der Waals surface area contributed by atoms with Crippen LogP contribution in [0.1, 0.15) is 109 Å². The number of hydrogen-bond acceptors (Lipinski definition) is 3. The number of alkyl halides is 1. The molecule has 0 amide bonds. The Kier molecular flexibility index (Phi) is 21.5. The summed E-state index contributed by atoms with van der Waals surface area (Å²) in [5, 5.41) is 9.49. The van der Waals surface area contributed by atoms with Crippen molar-refractivity contribution >= 4 is 29.3 Å². The number of nitriles is 1. The topological polar surface area (TPSA) is 42.2 Å². The molecule has 0 aliphatic carbocycles. The Morgan fingerprint density at radius 1 is 1.00 bits per heavy atom. The minimum atomic E-state index is 0.350. The molecule has 1 unspecified atom stereocenters. The highest BCUT2D eigenvalue weighted by molar-refractivity contribution is 6.32. The van der Waals surface area contributed by atoms with Gasteiger partial charge in [-0.15, -0.1) is 11.6 Å². The molecule has 0 N–H and O–H groups in total. The lowest BCUT2D eigenvalue weighted by Gasteiger charge is -2.19. The van der Waals surface area contributed by atoms with Crippen LogP contribution in [0.3, 0.4) is 0 Å². The maximum atomic E-state index is 9.01. The van der Waals surface area contributed by atoms with E-state index in [2.05, 4.69) is 71.0 Å². The Balaban J connectivity index is 0.000000690. The molecule has 0 radical (unpaired) electrons. The van der Waals surface area contributed by atoms with E-state index in [1.54, 1.807) is 0 Å². The third kappa shape index (κ3) is 14.1. The normalized spacial score (nSPS) is 11.1. The molecular weight excluding hydrogens is 513 g/mol. The molecule has 1 atom stereocenters. The highest BCUT2D eigenvalue weighted by Gasteiger charge is 2.11. The number of benzene rings is 2. The molecule has 2 rings (SSSR count). The number of aryl methyl sites for hydroxylation is 2. The van der Waals surface area contributed by atoms with Gasteiger partial charge in [-0.2, -0.15) is 5.26 Å². The van der Waals surface area contributed by atoms with Crippen molar-refractivity contribution in [1.29, 1.82) is 5.26 Å². The average Bonchev–Trinajstić information content (AvgIpc) is 2.92. The first-order chi connectivity index (χ1) is 18.4. The summed E-state index contributed by atoms with van der Waals surface area (Å²) in [4.78, 5) is 0. The van der Waals surface area contributed by atoms with Gasteiger partial charge in [-0.05, 0) is 80.5 Å². The van der Waals surface area contributed by atoms with E-state index < -0.39 is 0 Å². The zero-order valence-electron chi connectivity index (χ0n) is 24.7. The highest BCUT2D eigenvalue weighted by atomic mass is 35.5. The SMILES string of the molecule is C/C=C\c1cc(OC(CCC)CCCCC)ccc1C.CC.CCCc1cc(Cl)c(OCCCl)c(C#N)c1. The van der Waals surface area contributed by atoms with Gasteiger partial charge in [0.1, 0.15) is 18.4 Å². The van der Waals surface area contributed by atoms with Crippen molar-refractivity contribution in [3.8, 4) is 17.6 Å². The van der Waals surface area contributed by atoms with Crippen molar-refractivity contribution < 1.29 is 9.47 Å². The minimum Gasteiger partial charge on any atom is -0.490 e. The van der Waals surface area contributed by atoms with Crippen LogP contribution in [0, 0.1) is 18.3 Å². The molecule has 0 fully saturated rings. The molecule has 2 aromatic carbocycles. The van der Waals surface area contributed by atoms with Crippen LogP contribution in [0.25, 0.3) is 6.08 Å². The molecular formula is C33H49Cl2NO2. The molecule has 0 aromatic heterocycles. The monoisotopic (exact) mass is 561 g/mol. The van der Waals surface area contributed by atoms with Crippen LogP contribution < -0.4 is 9.47 Å². The van der Waals surface area contributed by atoms with Crippen molar-refractivity contribution in [2.75, 3.05) is 12.5 Å². The number of allylic oxidation sites excluding steroid dienone is 1. The zero-order valence-corrected chi connectivity index (χ0v) is 26.2. The fourth-order valence-corrected chi connectivity index (χ4v) is 4.28. The predicted molar refractivity (Wildman–Crippen MR) is 167 cm³/mol. The Bertz CT molecular complexity index is 966. The summed E-state index contributed by atoms with van der Waals surface area (Å²) in [6, 6.07) is 12.2. The lowest BCUT2D eigenvalue weighted by atomic mass is 10.1. The van der Waals surface area contributed by atoms with Gasteiger partial charge in [-0.1, -0.05) is 90.1 Å². The molecule has 0 heterocycles. The second-order valence-corrected chi connectivity index (χ2v) is 9.68. The molecule has 0 saturated heterocycles. The smallest absolute Gasteiger partial charge is 0.155 e. The number of nitrogens with zero attached hydrogens (tertiary/aromatic N) is 1. The van der Waals surface area contributed by atoms with Gasteiger partial charge in [0.25, 0.3) is 0 Å². The van der Waals surface area contributed by atoms with Gasteiger partial charge in [-0.25, -0.2) is 0 Å². The van der Waals surface area contributed by atoms with Crippen LogP contribution in [-0.4, -0.2) is 18.6 Å². The molecule has 2 aromatic rings. The van der Waals surface area contributed by atoms with Gasteiger partial charge in [-0.3, -0.25) is 0 Å². The summed E-state index contributed by atoms with van der Waals surface area (Å²) >= 11 is 11.6. The van der Waals surface area contributed by atoms with Gasteiger partial charge in [0.05, 0.1) is 22.6 Å². The van der Waals surface area contributed by atoms with E-state index in [9.17, 15) is 0 Å². The van der Waals surface area contributed by atoms with Crippen LogP contribution in [0.4, 0.5) is 0 Å². The number of ether oxygens (including phenoxy) is 2. The van der Waals surface area contributed by atoms with Crippen molar-refractivity contribution in [2.45, 2.75) is 106 Å². The Labute approximate surface area is 243 Å². The minimum absolute atomic E-state index is 0.350. The van der Waals surface area contributed by atoms with Gasteiger partial charge in [0, 0.05) is 0 Å². The van der Waals surface area contributed by atoms with Crippen LogP contribution >= 0.6 is 23.2 Å². The maximum absolute atomic E-state index is 9.01. The third-order valence-electron chi connectivity index (χ3n) is 5.73. The third-order valence-corrected chi connectivity index (χ3v) is 6.16. The van der Waals surface area contributed by atoms with Crippen LogP contribution in [0.2, 0.25) is 5.02 Å². The zero-order chi connectivity index (χ0) is 28.8. The van der Waals surface area contributed by atoms with E-state index in [-0.39, 0.29) is 0 Å². The lowest BCUT2D eigenvalue weighted by molar-refractivity contribution is 0.176. The van der Waals surface area contributed by atoms with E-state index in [4.69, 9.17) is 37.9 Å². The van der Waals surface area contributed by atoms with Crippen LogP contribution in [-0.2, 0) is 6.42 Å². The Hall–Kier alpha value is -2.15. The molecule has 5 heteroatoms. The van der Waals surface area contributed by atoms with Crippen molar-refractivity contribution in [3.05, 3.63) is 63.7 Å². The van der Waals surface area contributed by atoms with Crippen molar-refractivity contribution in [1.82, 2.24) is 0 Å². The quantitative estimate of drug-likeness (QED) is 0.170. The highest BCUT2D eigenvalue weighted by Crippen LogP contribution is 2.30. The molecule has 0 aliphatic heterocycles. The summed E-state index contributed by atoms with van der Waals surface area (Å²) in [6.07, 6.45) is 13.9. The molecule has 0 bridgehead atoms. The Morgan fingerprint density at radius 2 is 1.74 bits per heavy atom. The molecule has 0 saturated carbocycles. The molecule has 3 nitrogen and oxygen atoms in total. The van der Waals surface area contributed by atoms with Gasteiger partial charge >= 0.3 is 0 Å². The predicted octanol–water partition coefficient (Wildman–Crippen LogP) is 11.0. The first kappa shape index (κ1) is 35.9. The summed E-state index contributed by atoms with van der Waals surface area (Å²) < 4.78 is 11.6. The molecule has 0 aliphatic rings. The second-order valence-electron chi connectivity index (χ2n) is 8.90. The van der Waals surface area contributed by atoms with E-state index in [1.807, 2.05) is 26.0 Å². The summed E-state index contributed by atoms with van der Waals surface area (Å²) in [5.41, 5.74) is 4.09. The van der Waals surface area contributed by atoms with Gasteiger partial charge in [0.15, 0.2) is 5.75 Å². The van der Waals surface area contributed by atoms with Gasteiger partial charge < -0.3 is 9.47 Å². The summed E-state index contributed by atoms with van der Waals surface area (Å²) in [7, 11) is 0. The number of rotatable bonds is 14. The number of halogens is 2. The van der Waals surface area contributed by atoms with E-state index >= 15 is 0 Å². The van der Waals surface area contributed by atoms with E-state index in [0.29, 0.717) is 34.9 Å². The first-order valence-corrected chi connectivity index (χ1v) is 15.2. The molecule has 0 spiro atoms. The molecule has 38 heavy (non-hydrogen) atoms. The summed E-state index contributed by atoms with van der Waals surface area (Å²) in [6.45, 7) is 15.1. The van der Waals surface area contributed by atoms with Gasteiger partial charge in [0.2, 0.25) is 0 Å². The Morgan fingerprint density at radius 3 is 2.32 bits per heavy atom. The molecule has 212 valence electrons. The standard InChI is InChI=1S/C19H30O.C12H13Cl2NO.C2H6/c1-5-8-9-12-18(11-7-3)20-19-14-13-16(4)17(15-19)10-6-2;1-2-3-9-6-10(8-15)12(11(14)7-9)16-5-4-13;1-2/h6,10,13-15,18H,5,7-9,11-12H2,1-4H3;6-7H,2-5H2,1H3;1-2H3/b10-6-;;. The maximum Gasteiger partial charge on any atom is 0.155 e. The van der Waals surface area contributed by atoms with Crippen LogP contribution in [0.5, 0.6) is 11.5 Å². The fraction of sp³-hybridized carbons (Fsp3) is 0.545. The van der Waals surface area contributed by atoms with E-state index in [1.165, 1.54) is 43.2 Å². The number of hydrogen-bond donors (Lipinski definition) is 0. The lowest BCUT2D eigenvalue weighted by Crippen LogP contribution is -2.16. The summed E-state index contributed by atoms with van der Waals surface area (Å²) in [5.74, 6) is 1.82. The van der Waals surface area contributed by atoms with E-state index in [0.717, 1.165) is 30.6 Å². The fourth-order valence-electron chi connectivity index (χ4n) is 3.90.